The molecular formula is C21H16BrNOS. The molecule has 0 aromatic heterocycles. The lowest BCUT2D eigenvalue weighted by atomic mass is 10.3. The number of halogens is 1. The third-order valence-electron chi connectivity index (χ3n) is 3.19. The van der Waals surface area contributed by atoms with Crippen LogP contribution in [-0.2, 0) is 0 Å². The van der Waals surface area contributed by atoms with Gasteiger partial charge in [-0.3, -0.25) is 0 Å². The van der Waals surface area contributed by atoms with Crippen molar-refractivity contribution in [3.05, 3.63) is 101 Å². The van der Waals surface area contributed by atoms with Gasteiger partial charge in [-0.05, 0) is 53.9 Å². The zero-order chi connectivity index (χ0) is 17.3. The molecule has 0 bridgehead atoms. The normalized spacial score (nSPS) is 11.6. The Labute approximate surface area is 160 Å². The van der Waals surface area contributed by atoms with Crippen LogP contribution in [0.3, 0.4) is 0 Å². The average Bonchev–Trinajstić information content (AvgIpc) is 2.65. The molecule has 3 aromatic carbocycles. The highest BCUT2D eigenvalue weighted by atomic mass is 79.9. The standard InChI is InChI=1S/C21H16BrNOS/c22-17-11-13-18(14-12-17)23-21(24-19-7-3-1-4-8-19)15-16-25-20-9-5-2-6-10-20/h1-16H. The molecule has 0 saturated heterocycles. The number of aliphatic imine (C=N–C) groups is 1. The second-order valence-corrected chi connectivity index (χ2v) is 6.97. The predicted octanol–water partition coefficient (Wildman–Crippen LogP) is 6.86. The minimum atomic E-state index is 0.539. The van der Waals surface area contributed by atoms with Crippen LogP contribution in [0, 0.1) is 0 Å². The third kappa shape index (κ3) is 5.93. The Bertz CT molecular complexity index is 846. The second-order valence-electron chi connectivity index (χ2n) is 5.08. The molecule has 2 nitrogen and oxygen atoms in total. The summed E-state index contributed by atoms with van der Waals surface area (Å²) in [4.78, 5) is 5.77. The van der Waals surface area contributed by atoms with Crippen LogP contribution < -0.4 is 4.74 Å². The van der Waals surface area contributed by atoms with Crippen molar-refractivity contribution >= 4 is 39.3 Å². The fourth-order valence-corrected chi connectivity index (χ4v) is 2.94. The summed E-state index contributed by atoms with van der Waals surface area (Å²) in [6.07, 6.45) is 1.88. The van der Waals surface area contributed by atoms with Gasteiger partial charge in [0.05, 0.1) is 5.69 Å². The molecule has 124 valence electrons. The highest BCUT2D eigenvalue weighted by Crippen LogP contribution is 2.21. The first kappa shape index (κ1) is 17.5. The van der Waals surface area contributed by atoms with Crippen LogP contribution in [0.5, 0.6) is 5.75 Å². The van der Waals surface area contributed by atoms with E-state index in [4.69, 9.17) is 4.74 Å². The molecule has 0 radical (unpaired) electrons. The van der Waals surface area contributed by atoms with E-state index in [0.717, 1.165) is 15.9 Å². The van der Waals surface area contributed by atoms with Crippen molar-refractivity contribution in [1.82, 2.24) is 0 Å². The van der Waals surface area contributed by atoms with E-state index in [2.05, 4.69) is 33.1 Å². The molecule has 0 amide bonds. The number of hydrogen-bond donors (Lipinski definition) is 0. The Balaban J connectivity index is 1.79. The van der Waals surface area contributed by atoms with Gasteiger partial charge in [0.25, 0.3) is 0 Å². The minimum Gasteiger partial charge on any atom is -0.439 e. The maximum absolute atomic E-state index is 5.92. The quantitative estimate of drug-likeness (QED) is 0.260. The van der Waals surface area contributed by atoms with Crippen molar-refractivity contribution in [3.8, 4) is 5.75 Å². The summed E-state index contributed by atoms with van der Waals surface area (Å²) in [5.41, 5.74) is 0.837. The lowest BCUT2D eigenvalue weighted by molar-refractivity contribution is 0.556. The van der Waals surface area contributed by atoms with Crippen LogP contribution in [0.4, 0.5) is 5.69 Å². The molecule has 0 unspecified atom stereocenters. The fourth-order valence-electron chi connectivity index (χ4n) is 2.02. The third-order valence-corrected chi connectivity index (χ3v) is 4.53. The molecule has 0 fully saturated rings. The van der Waals surface area contributed by atoms with Crippen molar-refractivity contribution in [1.29, 1.82) is 0 Å². The van der Waals surface area contributed by atoms with Crippen LogP contribution in [0.1, 0.15) is 0 Å². The minimum absolute atomic E-state index is 0.539. The number of nitrogens with zero attached hydrogens (tertiary/aromatic N) is 1. The first-order chi connectivity index (χ1) is 12.3. The molecule has 3 rings (SSSR count). The van der Waals surface area contributed by atoms with Gasteiger partial charge in [0.1, 0.15) is 5.75 Å². The summed E-state index contributed by atoms with van der Waals surface area (Å²) < 4.78 is 6.95. The van der Waals surface area contributed by atoms with E-state index in [0.29, 0.717) is 5.90 Å². The van der Waals surface area contributed by atoms with E-state index < -0.39 is 0 Å². The monoisotopic (exact) mass is 409 g/mol. The highest BCUT2D eigenvalue weighted by Gasteiger charge is 2.00. The average molecular weight is 410 g/mol. The summed E-state index contributed by atoms with van der Waals surface area (Å²) in [5.74, 6) is 1.30. The van der Waals surface area contributed by atoms with Gasteiger partial charge in [0.2, 0.25) is 5.90 Å². The molecule has 0 aliphatic rings. The molecule has 0 N–H and O–H groups in total. The molecule has 0 spiro atoms. The van der Waals surface area contributed by atoms with Gasteiger partial charge in [0, 0.05) is 15.4 Å². The Morgan fingerprint density at radius 2 is 1.48 bits per heavy atom. The Morgan fingerprint density at radius 1 is 0.840 bits per heavy atom. The Hall–Kier alpha value is -2.30. The first-order valence-electron chi connectivity index (χ1n) is 7.75. The molecule has 3 aromatic rings. The summed E-state index contributed by atoms with van der Waals surface area (Å²) in [6, 6.07) is 27.6. The molecule has 0 heterocycles. The van der Waals surface area contributed by atoms with Crippen LogP contribution in [0.2, 0.25) is 0 Å². The Morgan fingerprint density at radius 3 is 2.16 bits per heavy atom. The van der Waals surface area contributed by atoms with Crippen LogP contribution >= 0.6 is 27.7 Å². The van der Waals surface area contributed by atoms with Crippen molar-refractivity contribution in [2.24, 2.45) is 4.99 Å². The second kappa shape index (κ2) is 9.25. The van der Waals surface area contributed by atoms with Gasteiger partial charge >= 0.3 is 0 Å². The lowest BCUT2D eigenvalue weighted by Gasteiger charge is -2.05. The highest BCUT2D eigenvalue weighted by molar-refractivity contribution is 9.10. The van der Waals surface area contributed by atoms with E-state index in [1.807, 2.05) is 84.3 Å². The number of para-hydroxylation sites is 1. The maximum atomic E-state index is 5.92. The smallest absolute Gasteiger partial charge is 0.220 e. The van der Waals surface area contributed by atoms with Crippen LogP contribution in [0.25, 0.3) is 0 Å². The SMILES string of the molecule is Brc1ccc(N=C(C=CSc2ccccc2)Oc2ccccc2)cc1. The molecular weight excluding hydrogens is 394 g/mol. The van der Waals surface area contributed by atoms with E-state index >= 15 is 0 Å². The van der Waals surface area contributed by atoms with Crippen molar-refractivity contribution in [3.63, 3.8) is 0 Å². The van der Waals surface area contributed by atoms with Gasteiger partial charge in [0.15, 0.2) is 0 Å². The van der Waals surface area contributed by atoms with Gasteiger partial charge < -0.3 is 4.74 Å². The molecule has 0 atom stereocenters. The topological polar surface area (TPSA) is 21.6 Å². The van der Waals surface area contributed by atoms with Gasteiger partial charge in [-0.25, -0.2) is 4.99 Å². The van der Waals surface area contributed by atoms with Crippen LogP contribution in [0.15, 0.2) is 111 Å². The molecule has 0 saturated carbocycles. The first-order valence-corrected chi connectivity index (χ1v) is 9.42. The van der Waals surface area contributed by atoms with E-state index in [1.165, 1.54) is 4.90 Å². The molecule has 0 aliphatic heterocycles. The van der Waals surface area contributed by atoms with Crippen molar-refractivity contribution in [2.75, 3.05) is 0 Å². The van der Waals surface area contributed by atoms with E-state index in [1.54, 1.807) is 11.8 Å². The van der Waals surface area contributed by atoms with Crippen LogP contribution in [-0.4, -0.2) is 5.90 Å². The molecule has 25 heavy (non-hydrogen) atoms. The number of hydrogen-bond acceptors (Lipinski definition) is 3. The lowest BCUT2D eigenvalue weighted by Crippen LogP contribution is -2.04. The summed E-state index contributed by atoms with van der Waals surface area (Å²) in [7, 11) is 0. The van der Waals surface area contributed by atoms with E-state index in [9.17, 15) is 0 Å². The Kier molecular flexibility index (Phi) is 6.48. The number of thioether (sulfide) groups is 1. The number of rotatable bonds is 5. The maximum Gasteiger partial charge on any atom is 0.220 e. The van der Waals surface area contributed by atoms with Crippen molar-refractivity contribution < 1.29 is 4.74 Å². The largest absolute Gasteiger partial charge is 0.439 e. The molecule has 0 aliphatic carbocycles. The van der Waals surface area contributed by atoms with Crippen molar-refractivity contribution in [2.45, 2.75) is 4.90 Å². The predicted molar refractivity (Wildman–Crippen MR) is 110 cm³/mol. The van der Waals surface area contributed by atoms with E-state index in [-0.39, 0.29) is 0 Å². The summed E-state index contributed by atoms with van der Waals surface area (Å²) in [5, 5.41) is 1.98. The zero-order valence-electron chi connectivity index (χ0n) is 13.4. The zero-order valence-corrected chi connectivity index (χ0v) is 15.8. The van der Waals surface area contributed by atoms with Gasteiger partial charge in [-0.15, -0.1) is 0 Å². The summed E-state index contributed by atoms with van der Waals surface area (Å²) >= 11 is 5.06. The summed E-state index contributed by atoms with van der Waals surface area (Å²) in [6.45, 7) is 0. The fraction of sp³-hybridized carbons (Fsp3) is 0. The van der Waals surface area contributed by atoms with Gasteiger partial charge in [-0.2, -0.15) is 0 Å². The number of benzene rings is 3. The number of ether oxygens (including phenoxy) is 1. The molecule has 4 heteroatoms. The van der Waals surface area contributed by atoms with Gasteiger partial charge in [-0.1, -0.05) is 64.1 Å².